The summed E-state index contributed by atoms with van der Waals surface area (Å²) in [6.07, 6.45) is 0.423. The van der Waals surface area contributed by atoms with Crippen LogP contribution in [0.1, 0.15) is 0 Å². The van der Waals surface area contributed by atoms with Crippen molar-refractivity contribution in [1.29, 1.82) is 0 Å². The molecule has 10 heteroatoms. The summed E-state index contributed by atoms with van der Waals surface area (Å²) >= 11 is 0. The molecule has 0 aromatic heterocycles. The summed E-state index contributed by atoms with van der Waals surface area (Å²) in [5.41, 5.74) is 0. The first-order chi connectivity index (χ1) is 5.21. The molecule has 0 aliphatic carbocycles. The van der Waals surface area contributed by atoms with Gasteiger partial charge >= 0.3 is 20.8 Å². The van der Waals surface area contributed by atoms with Gasteiger partial charge in [0, 0.05) is 0 Å². The third-order valence-corrected chi connectivity index (χ3v) is 1.12. The van der Waals surface area contributed by atoms with E-state index in [4.69, 9.17) is 9.11 Å². The van der Waals surface area contributed by atoms with Crippen molar-refractivity contribution < 1.29 is 34.3 Å². The highest BCUT2D eigenvalue weighted by atomic mass is 32.3. The molecule has 0 amide bonds. The summed E-state index contributed by atoms with van der Waals surface area (Å²) < 4.78 is 61.8. The minimum atomic E-state index is -4.69. The first-order valence-electron chi connectivity index (χ1n) is 2.17. The molecule has 0 atom stereocenters. The average Bonchev–Trinajstić information content (AvgIpc) is 1.76. The molecular weight excluding hydrogens is 216 g/mol. The zero-order valence-corrected chi connectivity index (χ0v) is 6.95. The lowest BCUT2D eigenvalue weighted by molar-refractivity contribution is 0.326. The van der Waals surface area contributed by atoms with Gasteiger partial charge in [-0.05, 0) is 0 Å². The van der Waals surface area contributed by atoms with Crippen LogP contribution in [0.5, 0.6) is 0 Å². The van der Waals surface area contributed by atoms with Crippen molar-refractivity contribution in [3.05, 3.63) is 12.5 Å². The van der Waals surface area contributed by atoms with E-state index in [1.807, 2.05) is 0 Å². The van der Waals surface area contributed by atoms with Gasteiger partial charge in [-0.1, -0.05) is 0 Å². The Morgan fingerprint density at radius 2 is 1.08 bits per heavy atom. The highest BCUT2D eigenvalue weighted by Gasteiger charge is 2.02. The number of hydrogen-bond donors (Lipinski definition) is 2. The third-order valence-electron chi connectivity index (χ3n) is 0.410. The fraction of sp³-hybridized carbons (Fsp3) is 0. The molecular formula is C2H4O8S2. The predicted octanol–water partition coefficient (Wildman–Crippen LogP) is -0.904. The lowest BCUT2D eigenvalue weighted by atomic mass is 11.1. The first kappa shape index (κ1) is 11.2. The predicted molar refractivity (Wildman–Crippen MR) is 34.4 cm³/mol. The summed E-state index contributed by atoms with van der Waals surface area (Å²) in [6.45, 7) is 0. The third kappa shape index (κ3) is 9.16. The summed E-state index contributed by atoms with van der Waals surface area (Å²) in [4.78, 5) is 0. The second-order valence-corrected chi connectivity index (χ2v) is 3.42. The number of rotatable bonds is 4. The molecule has 0 fully saturated rings. The summed E-state index contributed by atoms with van der Waals surface area (Å²) in [5.74, 6) is 0. The minimum Gasteiger partial charge on any atom is -0.366 e. The largest absolute Gasteiger partial charge is 0.446 e. The molecule has 12 heavy (non-hydrogen) atoms. The zero-order valence-electron chi connectivity index (χ0n) is 5.32. The minimum absolute atomic E-state index is 0.211. The molecule has 8 nitrogen and oxygen atoms in total. The van der Waals surface area contributed by atoms with Gasteiger partial charge < -0.3 is 8.37 Å². The summed E-state index contributed by atoms with van der Waals surface area (Å²) in [7, 11) is -9.37. The van der Waals surface area contributed by atoms with E-state index in [1.54, 1.807) is 0 Å². The van der Waals surface area contributed by atoms with Gasteiger partial charge in [0.15, 0.2) is 0 Å². The Bertz CT molecular complexity index is 309. The first-order valence-corrected chi connectivity index (χ1v) is 4.90. The molecule has 0 rings (SSSR count). The highest BCUT2D eigenvalue weighted by Crippen LogP contribution is 1.91. The normalized spacial score (nSPS) is 13.2. The van der Waals surface area contributed by atoms with Crippen LogP contribution in [0.3, 0.4) is 0 Å². The van der Waals surface area contributed by atoms with E-state index in [0.717, 1.165) is 0 Å². The maximum atomic E-state index is 9.77. The van der Waals surface area contributed by atoms with Crippen LogP contribution in [0.4, 0.5) is 0 Å². The molecule has 0 aromatic rings. The Hall–Kier alpha value is -0.840. The van der Waals surface area contributed by atoms with E-state index >= 15 is 0 Å². The van der Waals surface area contributed by atoms with Gasteiger partial charge in [-0.2, -0.15) is 16.8 Å². The van der Waals surface area contributed by atoms with Crippen LogP contribution in [0, 0.1) is 0 Å². The van der Waals surface area contributed by atoms with E-state index in [2.05, 4.69) is 8.37 Å². The van der Waals surface area contributed by atoms with Crippen molar-refractivity contribution in [2.45, 2.75) is 0 Å². The van der Waals surface area contributed by atoms with Crippen molar-refractivity contribution in [2.75, 3.05) is 0 Å². The molecule has 0 saturated heterocycles. The van der Waals surface area contributed by atoms with Gasteiger partial charge in [0.2, 0.25) is 0 Å². The van der Waals surface area contributed by atoms with Crippen LogP contribution in [0.2, 0.25) is 0 Å². The van der Waals surface area contributed by atoms with E-state index in [0.29, 0.717) is 0 Å². The molecule has 0 aliphatic heterocycles. The highest BCUT2D eigenvalue weighted by molar-refractivity contribution is 7.81. The Morgan fingerprint density at radius 3 is 1.25 bits per heavy atom. The standard InChI is InChI=1S/C2H4O8S2/c3-11(4,5)9-1-2-10-12(6,7)8/h1-2H,(H,3,4,5)(H,6,7,8). The van der Waals surface area contributed by atoms with Crippen LogP contribution in [-0.2, 0) is 29.2 Å². The maximum Gasteiger partial charge on any atom is 0.446 e. The van der Waals surface area contributed by atoms with Gasteiger partial charge in [-0.3, -0.25) is 9.11 Å². The van der Waals surface area contributed by atoms with Gasteiger partial charge in [0.25, 0.3) is 0 Å². The van der Waals surface area contributed by atoms with E-state index < -0.39 is 20.8 Å². The topological polar surface area (TPSA) is 127 Å². The van der Waals surface area contributed by atoms with Crippen molar-refractivity contribution in [1.82, 2.24) is 0 Å². The summed E-state index contributed by atoms with van der Waals surface area (Å²) in [5, 5.41) is 0. The van der Waals surface area contributed by atoms with Gasteiger partial charge in [-0.25, -0.2) is 0 Å². The maximum absolute atomic E-state index is 9.77. The molecule has 72 valence electrons. The second kappa shape index (κ2) is 3.71. The Morgan fingerprint density at radius 1 is 0.833 bits per heavy atom. The molecule has 0 heterocycles. The van der Waals surface area contributed by atoms with Gasteiger partial charge in [0.1, 0.15) is 12.5 Å². The molecule has 0 spiro atoms. The number of hydrogen-bond acceptors (Lipinski definition) is 6. The van der Waals surface area contributed by atoms with Crippen LogP contribution >= 0.6 is 0 Å². The van der Waals surface area contributed by atoms with Crippen molar-refractivity contribution in [2.24, 2.45) is 0 Å². The molecule has 0 aromatic carbocycles. The molecule has 0 unspecified atom stereocenters. The van der Waals surface area contributed by atoms with E-state index in [-0.39, 0.29) is 12.5 Å². The molecule has 0 radical (unpaired) electrons. The second-order valence-electron chi connectivity index (χ2n) is 1.32. The fourth-order valence-electron chi connectivity index (χ4n) is 0.186. The van der Waals surface area contributed by atoms with Crippen LogP contribution < -0.4 is 0 Å². The molecule has 2 N–H and O–H groups in total. The van der Waals surface area contributed by atoms with Crippen molar-refractivity contribution in [3.8, 4) is 0 Å². The smallest absolute Gasteiger partial charge is 0.366 e. The van der Waals surface area contributed by atoms with E-state index in [1.165, 1.54) is 0 Å². The zero-order chi connectivity index (χ0) is 9.83. The molecule has 0 bridgehead atoms. The average molecular weight is 220 g/mol. The SMILES string of the molecule is O=S(=O)(O)OC=COS(=O)(=O)O. The van der Waals surface area contributed by atoms with Gasteiger partial charge in [-0.15, -0.1) is 0 Å². The monoisotopic (exact) mass is 220 g/mol. The Labute approximate surface area is 68.3 Å². The quantitative estimate of drug-likeness (QED) is 0.460. The molecule has 0 aliphatic rings. The van der Waals surface area contributed by atoms with Crippen LogP contribution in [0.25, 0.3) is 0 Å². The Balaban J connectivity index is 3.98. The van der Waals surface area contributed by atoms with Crippen LogP contribution in [-0.4, -0.2) is 25.9 Å². The lowest BCUT2D eigenvalue weighted by Gasteiger charge is -1.93. The van der Waals surface area contributed by atoms with Crippen molar-refractivity contribution >= 4 is 20.8 Å². The van der Waals surface area contributed by atoms with Crippen LogP contribution in [0.15, 0.2) is 12.5 Å². The van der Waals surface area contributed by atoms with Crippen molar-refractivity contribution in [3.63, 3.8) is 0 Å². The Kier molecular flexibility index (Phi) is 3.45. The summed E-state index contributed by atoms with van der Waals surface area (Å²) in [6, 6.07) is 0. The van der Waals surface area contributed by atoms with E-state index in [9.17, 15) is 16.8 Å². The fourth-order valence-corrected chi connectivity index (χ4v) is 0.557. The molecule has 0 saturated carbocycles. The van der Waals surface area contributed by atoms with Gasteiger partial charge in [0.05, 0.1) is 0 Å². The lowest BCUT2D eigenvalue weighted by Crippen LogP contribution is -2.00.